The van der Waals surface area contributed by atoms with E-state index < -0.39 is 4.92 Å². The van der Waals surface area contributed by atoms with Gasteiger partial charge in [-0.1, -0.05) is 11.6 Å². The van der Waals surface area contributed by atoms with Crippen LogP contribution < -0.4 is 0 Å². The molecule has 4 nitrogen and oxygen atoms in total. The third kappa shape index (κ3) is 1.78. The van der Waals surface area contributed by atoms with E-state index in [-0.39, 0.29) is 16.6 Å². The lowest BCUT2D eigenvalue weighted by Crippen LogP contribution is -1.88. The highest BCUT2D eigenvalue weighted by atomic mass is 35.5. The number of furan rings is 1. The lowest BCUT2D eigenvalue weighted by Gasteiger charge is -1.94. The summed E-state index contributed by atoms with van der Waals surface area (Å²) in [6, 6.07) is 4.45. The first-order chi connectivity index (χ1) is 7.11. The van der Waals surface area contributed by atoms with Gasteiger partial charge in [0.05, 0.1) is 10.8 Å². The van der Waals surface area contributed by atoms with Crippen molar-refractivity contribution in [2.75, 3.05) is 0 Å². The van der Waals surface area contributed by atoms with Gasteiger partial charge in [-0.2, -0.15) is 0 Å². The van der Waals surface area contributed by atoms with Crippen LogP contribution in [-0.4, -0.2) is 4.92 Å². The number of rotatable bonds is 2. The summed E-state index contributed by atoms with van der Waals surface area (Å²) in [5.74, 6) is 0.781. The molecule has 0 spiro atoms. The fourth-order valence-corrected chi connectivity index (χ4v) is 1.67. The predicted octanol–water partition coefficient (Wildman–Crippen LogP) is 3.73. The van der Waals surface area contributed by atoms with Gasteiger partial charge in [0.1, 0.15) is 16.4 Å². The zero-order valence-electron chi connectivity index (χ0n) is 7.37. The SMILES string of the molecule is O=[N+]([O-])c1cc2cc(CCl)oc2cc1Cl. The van der Waals surface area contributed by atoms with Crippen LogP contribution in [0.15, 0.2) is 22.6 Å². The normalized spacial score (nSPS) is 10.8. The number of benzene rings is 1. The second-order valence-electron chi connectivity index (χ2n) is 2.94. The molecular weight excluding hydrogens is 241 g/mol. The Hall–Kier alpha value is -1.26. The highest BCUT2D eigenvalue weighted by Gasteiger charge is 2.15. The number of halogens is 2. The Bertz CT molecular complexity index is 535. The van der Waals surface area contributed by atoms with E-state index in [9.17, 15) is 10.1 Å². The number of hydrogen-bond acceptors (Lipinski definition) is 3. The third-order valence-electron chi connectivity index (χ3n) is 1.97. The number of hydrogen-bond donors (Lipinski definition) is 0. The first-order valence-corrected chi connectivity index (χ1v) is 4.95. The Morgan fingerprint density at radius 2 is 2.13 bits per heavy atom. The molecule has 0 atom stereocenters. The van der Waals surface area contributed by atoms with Crippen LogP contribution in [0, 0.1) is 10.1 Å². The zero-order chi connectivity index (χ0) is 11.0. The molecule has 0 bridgehead atoms. The van der Waals surface area contributed by atoms with Crippen LogP contribution in [0.3, 0.4) is 0 Å². The zero-order valence-corrected chi connectivity index (χ0v) is 8.88. The standard InChI is InChI=1S/C9H5Cl2NO3/c10-4-6-1-5-2-8(12(13)14)7(11)3-9(5)15-6/h1-3H,4H2. The molecule has 0 amide bonds. The van der Waals surface area contributed by atoms with Crippen LogP contribution in [0.25, 0.3) is 11.0 Å². The van der Waals surface area contributed by atoms with Crippen molar-refractivity contribution in [1.82, 2.24) is 0 Å². The number of fused-ring (bicyclic) bond motifs is 1. The minimum absolute atomic E-state index is 0.0583. The van der Waals surface area contributed by atoms with E-state index >= 15 is 0 Å². The minimum Gasteiger partial charge on any atom is -0.460 e. The lowest BCUT2D eigenvalue weighted by atomic mass is 10.2. The van der Waals surface area contributed by atoms with Gasteiger partial charge in [-0.15, -0.1) is 11.6 Å². The summed E-state index contributed by atoms with van der Waals surface area (Å²) in [5.41, 5.74) is 0.368. The fourth-order valence-electron chi connectivity index (χ4n) is 1.31. The van der Waals surface area contributed by atoms with Crippen LogP contribution in [0.2, 0.25) is 5.02 Å². The minimum atomic E-state index is -0.533. The molecule has 0 saturated heterocycles. The quantitative estimate of drug-likeness (QED) is 0.460. The third-order valence-corrected chi connectivity index (χ3v) is 2.53. The number of nitro benzene ring substituents is 1. The van der Waals surface area contributed by atoms with Gasteiger partial charge in [-0.3, -0.25) is 10.1 Å². The maximum atomic E-state index is 10.6. The van der Waals surface area contributed by atoms with Crippen molar-refractivity contribution in [3.8, 4) is 0 Å². The van der Waals surface area contributed by atoms with Gasteiger partial charge < -0.3 is 4.42 Å². The summed E-state index contributed by atoms with van der Waals surface area (Å²) in [4.78, 5) is 10.1. The van der Waals surface area contributed by atoms with Gasteiger partial charge >= 0.3 is 0 Å². The summed E-state index contributed by atoms with van der Waals surface area (Å²) < 4.78 is 5.29. The van der Waals surface area contributed by atoms with Gasteiger partial charge in [0.25, 0.3) is 5.69 Å². The molecule has 6 heteroatoms. The molecule has 78 valence electrons. The molecule has 0 aliphatic carbocycles. The molecule has 0 aliphatic heterocycles. The van der Waals surface area contributed by atoms with Crippen LogP contribution in [0.4, 0.5) is 5.69 Å². The number of nitrogens with zero attached hydrogens (tertiary/aromatic N) is 1. The summed E-state index contributed by atoms with van der Waals surface area (Å²) in [6.45, 7) is 0. The monoisotopic (exact) mass is 245 g/mol. The largest absolute Gasteiger partial charge is 0.460 e. The highest BCUT2D eigenvalue weighted by Crippen LogP contribution is 2.31. The van der Waals surface area contributed by atoms with E-state index in [4.69, 9.17) is 27.6 Å². The lowest BCUT2D eigenvalue weighted by molar-refractivity contribution is -0.384. The molecule has 0 N–H and O–H groups in total. The maximum Gasteiger partial charge on any atom is 0.288 e. The van der Waals surface area contributed by atoms with Gasteiger partial charge in [-0.25, -0.2) is 0 Å². The molecule has 0 fully saturated rings. The van der Waals surface area contributed by atoms with Crippen molar-refractivity contribution >= 4 is 39.9 Å². The van der Waals surface area contributed by atoms with Crippen molar-refractivity contribution in [2.24, 2.45) is 0 Å². The van der Waals surface area contributed by atoms with Crippen molar-refractivity contribution in [1.29, 1.82) is 0 Å². The molecule has 0 unspecified atom stereocenters. The van der Waals surface area contributed by atoms with Crippen molar-refractivity contribution in [3.63, 3.8) is 0 Å². The summed E-state index contributed by atoms with van der Waals surface area (Å²) in [7, 11) is 0. The van der Waals surface area contributed by atoms with E-state index in [1.165, 1.54) is 12.1 Å². The Balaban J connectivity index is 2.68. The Labute approximate surface area is 94.5 Å². The molecular formula is C9H5Cl2NO3. The van der Waals surface area contributed by atoms with Crippen molar-refractivity contribution in [3.05, 3.63) is 39.1 Å². The second-order valence-corrected chi connectivity index (χ2v) is 3.62. The topological polar surface area (TPSA) is 56.3 Å². The average molecular weight is 246 g/mol. The van der Waals surface area contributed by atoms with E-state index in [2.05, 4.69) is 0 Å². The average Bonchev–Trinajstić information content (AvgIpc) is 2.58. The maximum absolute atomic E-state index is 10.6. The van der Waals surface area contributed by atoms with Gasteiger partial charge in [-0.05, 0) is 6.07 Å². The Morgan fingerprint density at radius 3 is 2.73 bits per heavy atom. The molecule has 2 aromatic rings. The fraction of sp³-hybridized carbons (Fsp3) is 0.111. The molecule has 1 aromatic carbocycles. The highest BCUT2D eigenvalue weighted by molar-refractivity contribution is 6.33. The summed E-state index contributed by atoms with van der Waals surface area (Å²) in [5, 5.41) is 11.3. The second kappa shape index (κ2) is 3.72. The van der Waals surface area contributed by atoms with Gasteiger partial charge in [0.15, 0.2) is 0 Å². The first kappa shape index (κ1) is 10.3. The predicted molar refractivity (Wildman–Crippen MR) is 57.4 cm³/mol. The molecule has 0 radical (unpaired) electrons. The molecule has 1 aromatic heterocycles. The molecule has 15 heavy (non-hydrogen) atoms. The molecule has 1 heterocycles. The van der Waals surface area contributed by atoms with E-state index in [1.807, 2.05) is 0 Å². The Kier molecular flexibility index (Phi) is 2.54. The van der Waals surface area contributed by atoms with Gasteiger partial charge in [0.2, 0.25) is 0 Å². The van der Waals surface area contributed by atoms with Crippen LogP contribution in [0.1, 0.15) is 5.76 Å². The smallest absolute Gasteiger partial charge is 0.288 e. The van der Waals surface area contributed by atoms with Crippen LogP contribution >= 0.6 is 23.2 Å². The summed E-state index contributed by atoms with van der Waals surface area (Å²) in [6.07, 6.45) is 0. The molecule has 0 aliphatic rings. The Morgan fingerprint density at radius 1 is 1.40 bits per heavy atom. The van der Waals surface area contributed by atoms with E-state index in [0.717, 1.165) is 0 Å². The van der Waals surface area contributed by atoms with Crippen LogP contribution in [-0.2, 0) is 5.88 Å². The van der Waals surface area contributed by atoms with E-state index in [1.54, 1.807) is 6.07 Å². The molecule has 0 saturated carbocycles. The van der Waals surface area contributed by atoms with Crippen molar-refractivity contribution in [2.45, 2.75) is 5.88 Å². The number of nitro groups is 1. The summed E-state index contributed by atoms with van der Waals surface area (Å²) >= 11 is 11.3. The number of alkyl halides is 1. The van der Waals surface area contributed by atoms with Crippen LogP contribution in [0.5, 0.6) is 0 Å². The van der Waals surface area contributed by atoms with Gasteiger partial charge in [0, 0.05) is 17.5 Å². The molecule has 2 rings (SSSR count). The van der Waals surface area contributed by atoms with E-state index in [0.29, 0.717) is 16.7 Å². The first-order valence-electron chi connectivity index (χ1n) is 4.04. The van der Waals surface area contributed by atoms with Crippen molar-refractivity contribution < 1.29 is 9.34 Å².